The molecule has 2 rings (SSSR count). The number of hydrogen-bond acceptors (Lipinski definition) is 3. The summed E-state index contributed by atoms with van der Waals surface area (Å²) in [5.74, 6) is 0. The van der Waals surface area contributed by atoms with Crippen LogP contribution in [0.2, 0.25) is 0 Å². The fourth-order valence-corrected chi connectivity index (χ4v) is 1.89. The van der Waals surface area contributed by atoms with Crippen LogP contribution in [-0.2, 0) is 6.54 Å². The zero-order chi connectivity index (χ0) is 12.1. The molecule has 0 unspecified atom stereocenters. The summed E-state index contributed by atoms with van der Waals surface area (Å²) < 4.78 is 2.59. The van der Waals surface area contributed by atoms with Crippen molar-refractivity contribution in [1.29, 1.82) is 0 Å². The first-order chi connectivity index (χ1) is 8.27. The molecular formula is C12H12BrN3O. The Bertz CT molecular complexity index is 553. The number of halogens is 1. The van der Waals surface area contributed by atoms with Crippen molar-refractivity contribution < 1.29 is 0 Å². The molecule has 1 aromatic carbocycles. The highest BCUT2D eigenvalue weighted by molar-refractivity contribution is 9.10. The molecule has 88 valence electrons. The molecule has 0 spiro atoms. The number of nitrogens with zero attached hydrogens (tertiary/aromatic N) is 2. The first kappa shape index (κ1) is 11.9. The minimum atomic E-state index is -0.0334. The number of hydrogen-bond donors (Lipinski definition) is 1. The maximum atomic E-state index is 11.4. The van der Waals surface area contributed by atoms with Gasteiger partial charge < -0.3 is 5.32 Å². The number of rotatable bonds is 4. The summed E-state index contributed by atoms with van der Waals surface area (Å²) in [6.07, 6.45) is 3.05. The Labute approximate surface area is 107 Å². The number of benzene rings is 1. The van der Waals surface area contributed by atoms with Crippen LogP contribution in [0.3, 0.4) is 0 Å². The average Bonchev–Trinajstić information content (AvgIpc) is 2.34. The Morgan fingerprint density at radius 3 is 2.88 bits per heavy atom. The van der Waals surface area contributed by atoms with Gasteiger partial charge in [-0.15, -0.1) is 0 Å². The second kappa shape index (κ2) is 5.63. The second-order valence-electron chi connectivity index (χ2n) is 3.52. The summed E-state index contributed by atoms with van der Waals surface area (Å²) in [6, 6.07) is 9.33. The van der Waals surface area contributed by atoms with Crippen molar-refractivity contribution in [3.63, 3.8) is 0 Å². The molecule has 2 aromatic rings. The summed E-state index contributed by atoms with van der Waals surface area (Å²) in [4.78, 5) is 15.3. The molecule has 0 saturated heterocycles. The molecule has 1 aromatic heterocycles. The fourth-order valence-electron chi connectivity index (χ4n) is 1.46. The van der Waals surface area contributed by atoms with Gasteiger partial charge in [0.15, 0.2) is 0 Å². The third-order valence-corrected chi connectivity index (χ3v) is 3.03. The van der Waals surface area contributed by atoms with Gasteiger partial charge in [-0.1, -0.05) is 12.1 Å². The van der Waals surface area contributed by atoms with Crippen molar-refractivity contribution in [1.82, 2.24) is 9.55 Å². The SMILES string of the molecule is O=c1ccncn1CCNc1ccccc1Br. The zero-order valence-electron chi connectivity index (χ0n) is 9.14. The molecule has 1 heterocycles. The van der Waals surface area contributed by atoms with Gasteiger partial charge in [-0.25, -0.2) is 4.98 Å². The van der Waals surface area contributed by atoms with E-state index in [9.17, 15) is 4.79 Å². The molecule has 0 aliphatic carbocycles. The van der Waals surface area contributed by atoms with Crippen LogP contribution < -0.4 is 10.9 Å². The highest BCUT2D eigenvalue weighted by Crippen LogP contribution is 2.20. The summed E-state index contributed by atoms with van der Waals surface area (Å²) in [7, 11) is 0. The number of aromatic nitrogens is 2. The molecule has 0 saturated carbocycles. The van der Waals surface area contributed by atoms with Crippen molar-refractivity contribution in [2.75, 3.05) is 11.9 Å². The van der Waals surface area contributed by atoms with E-state index in [0.717, 1.165) is 10.2 Å². The highest BCUT2D eigenvalue weighted by atomic mass is 79.9. The van der Waals surface area contributed by atoms with Crippen LogP contribution in [0.5, 0.6) is 0 Å². The van der Waals surface area contributed by atoms with Crippen LogP contribution in [-0.4, -0.2) is 16.1 Å². The predicted octanol–water partition coefficient (Wildman–Crippen LogP) is 2.12. The molecule has 17 heavy (non-hydrogen) atoms. The van der Waals surface area contributed by atoms with Crippen molar-refractivity contribution >= 4 is 21.6 Å². The van der Waals surface area contributed by atoms with Crippen LogP contribution in [0.4, 0.5) is 5.69 Å². The lowest BCUT2D eigenvalue weighted by atomic mass is 10.3. The number of anilines is 1. The van der Waals surface area contributed by atoms with E-state index in [0.29, 0.717) is 13.1 Å². The lowest BCUT2D eigenvalue weighted by Crippen LogP contribution is -2.22. The summed E-state index contributed by atoms with van der Waals surface area (Å²) >= 11 is 3.45. The Morgan fingerprint density at radius 1 is 1.29 bits per heavy atom. The Morgan fingerprint density at radius 2 is 2.12 bits per heavy atom. The van der Waals surface area contributed by atoms with E-state index in [1.807, 2.05) is 24.3 Å². The van der Waals surface area contributed by atoms with E-state index in [-0.39, 0.29) is 5.56 Å². The Hall–Kier alpha value is -1.62. The van der Waals surface area contributed by atoms with Crippen LogP contribution >= 0.6 is 15.9 Å². The van der Waals surface area contributed by atoms with Crippen molar-refractivity contribution in [3.8, 4) is 0 Å². The fraction of sp³-hybridized carbons (Fsp3) is 0.167. The first-order valence-corrected chi connectivity index (χ1v) is 6.05. The van der Waals surface area contributed by atoms with Gasteiger partial charge in [-0.2, -0.15) is 0 Å². The number of nitrogens with one attached hydrogen (secondary N) is 1. The topological polar surface area (TPSA) is 46.9 Å². The van der Waals surface area contributed by atoms with E-state index in [2.05, 4.69) is 26.2 Å². The summed E-state index contributed by atoms with van der Waals surface area (Å²) in [5, 5.41) is 3.25. The Kier molecular flexibility index (Phi) is 3.93. The molecule has 0 amide bonds. The third kappa shape index (κ3) is 3.17. The average molecular weight is 294 g/mol. The smallest absolute Gasteiger partial charge is 0.253 e. The predicted molar refractivity (Wildman–Crippen MR) is 71.1 cm³/mol. The van der Waals surface area contributed by atoms with E-state index in [1.54, 1.807) is 10.9 Å². The lowest BCUT2D eigenvalue weighted by Gasteiger charge is -2.09. The molecule has 0 bridgehead atoms. The molecule has 5 heteroatoms. The quantitative estimate of drug-likeness (QED) is 0.939. The largest absolute Gasteiger partial charge is 0.382 e. The molecule has 1 N–H and O–H groups in total. The maximum Gasteiger partial charge on any atom is 0.253 e. The minimum absolute atomic E-state index is 0.0334. The maximum absolute atomic E-state index is 11.4. The van der Waals surface area contributed by atoms with Crippen LogP contribution in [0, 0.1) is 0 Å². The Balaban J connectivity index is 1.95. The van der Waals surface area contributed by atoms with Crippen molar-refractivity contribution in [2.45, 2.75) is 6.54 Å². The standard InChI is InChI=1S/C12H12BrN3O/c13-10-3-1-2-4-11(10)15-7-8-16-9-14-6-5-12(16)17/h1-6,9,15H,7-8H2. The second-order valence-corrected chi connectivity index (χ2v) is 4.37. The van der Waals surface area contributed by atoms with Gasteiger partial charge in [0.25, 0.3) is 5.56 Å². The van der Waals surface area contributed by atoms with E-state index < -0.39 is 0 Å². The molecule has 0 fully saturated rings. The van der Waals surface area contributed by atoms with Gasteiger partial charge in [-0.05, 0) is 28.1 Å². The van der Waals surface area contributed by atoms with Gasteiger partial charge in [0.1, 0.15) is 0 Å². The molecule has 0 atom stereocenters. The van der Waals surface area contributed by atoms with Gasteiger partial charge in [0, 0.05) is 35.5 Å². The van der Waals surface area contributed by atoms with Crippen LogP contribution in [0.25, 0.3) is 0 Å². The first-order valence-electron chi connectivity index (χ1n) is 5.26. The molecular weight excluding hydrogens is 282 g/mol. The minimum Gasteiger partial charge on any atom is -0.382 e. The van der Waals surface area contributed by atoms with Crippen molar-refractivity contribution in [3.05, 3.63) is 57.7 Å². The zero-order valence-corrected chi connectivity index (χ0v) is 10.7. The molecule has 0 radical (unpaired) electrons. The van der Waals surface area contributed by atoms with E-state index in [1.165, 1.54) is 12.3 Å². The van der Waals surface area contributed by atoms with Gasteiger partial charge >= 0.3 is 0 Å². The third-order valence-electron chi connectivity index (χ3n) is 2.33. The van der Waals surface area contributed by atoms with Crippen molar-refractivity contribution in [2.24, 2.45) is 0 Å². The molecule has 0 aliphatic heterocycles. The number of para-hydroxylation sites is 1. The van der Waals surface area contributed by atoms with Crippen LogP contribution in [0.1, 0.15) is 0 Å². The monoisotopic (exact) mass is 293 g/mol. The van der Waals surface area contributed by atoms with E-state index >= 15 is 0 Å². The summed E-state index contributed by atoms with van der Waals surface area (Å²) in [5.41, 5.74) is 0.985. The van der Waals surface area contributed by atoms with Crippen LogP contribution in [0.15, 0.2) is 52.1 Å². The molecule has 0 aliphatic rings. The lowest BCUT2D eigenvalue weighted by molar-refractivity contribution is 0.680. The van der Waals surface area contributed by atoms with Gasteiger partial charge in [0.05, 0.1) is 6.33 Å². The highest BCUT2D eigenvalue weighted by Gasteiger charge is 1.98. The normalized spacial score (nSPS) is 10.2. The summed E-state index contributed by atoms with van der Waals surface area (Å²) in [6.45, 7) is 1.27. The van der Waals surface area contributed by atoms with E-state index in [4.69, 9.17) is 0 Å². The molecule has 4 nitrogen and oxygen atoms in total. The van der Waals surface area contributed by atoms with Gasteiger partial charge in [0.2, 0.25) is 0 Å². The van der Waals surface area contributed by atoms with Gasteiger partial charge in [-0.3, -0.25) is 9.36 Å².